The third-order valence-corrected chi connectivity index (χ3v) is 6.98. The van der Waals surface area contributed by atoms with Crippen LogP contribution in [0.2, 0.25) is 0 Å². The minimum absolute atomic E-state index is 0.0782. The number of nitrogens with zero attached hydrogens (tertiary/aromatic N) is 3. The number of likely N-dealkylation sites (N-methyl/N-ethyl adjacent to an activating group) is 1. The van der Waals surface area contributed by atoms with E-state index >= 15 is 0 Å². The Labute approximate surface area is 201 Å². The van der Waals surface area contributed by atoms with E-state index in [0.717, 1.165) is 23.9 Å². The molecule has 5 rings (SSSR count). The number of ether oxygens (including phenoxy) is 2. The monoisotopic (exact) mass is 459 g/mol. The highest BCUT2D eigenvalue weighted by Gasteiger charge is 2.46. The van der Waals surface area contributed by atoms with Crippen LogP contribution in [0.25, 0.3) is 10.8 Å². The predicted molar refractivity (Wildman–Crippen MR) is 133 cm³/mol. The van der Waals surface area contributed by atoms with Gasteiger partial charge < -0.3 is 19.3 Å². The Bertz CT molecular complexity index is 1120. The molecule has 3 heterocycles. The second-order valence-electron chi connectivity index (χ2n) is 9.66. The van der Waals surface area contributed by atoms with Gasteiger partial charge >= 0.3 is 0 Å². The Morgan fingerprint density at radius 3 is 2.74 bits per heavy atom. The highest BCUT2D eigenvalue weighted by molar-refractivity contribution is 5.86. The minimum atomic E-state index is -0.871. The zero-order chi connectivity index (χ0) is 23.4. The van der Waals surface area contributed by atoms with Crippen LogP contribution >= 0.6 is 0 Å². The Morgan fingerprint density at radius 2 is 1.88 bits per heavy atom. The third-order valence-electron chi connectivity index (χ3n) is 6.98. The van der Waals surface area contributed by atoms with Crippen molar-refractivity contribution in [2.45, 2.75) is 18.4 Å². The summed E-state index contributed by atoms with van der Waals surface area (Å²) in [4.78, 5) is 22.7. The summed E-state index contributed by atoms with van der Waals surface area (Å²) in [5.74, 6) is 0.281. The van der Waals surface area contributed by atoms with Crippen LogP contribution in [0.3, 0.4) is 0 Å². The first kappa shape index (κ1) is 23.0. The van der Waals surface area contributed by atoms with Gasteiger partial charge in [-0.3, -0.25) is 9.78 Å². The van der Waals surface area contributed by atoms with E-state index in [1.807, 2.05) is 41.6 Å². The van der Waals surface area contributed by atoms with Gasteiger partial charge in [-0.25, -0.2) is 0 Å². The van der Waals surface area contributed by atoms with E-state index < -0.39 is 5.60 Å². The molecule has 1 aromatic heterocycles. The number of carbonyl (C=O) groups excluding carboxylic acids is 1. The molecule has 0 bridgehead atoms. The molecule has 2 aliphatic rings. The highest BCUT2D eigenvalue weighted by atomic mass is 16.5. The SMILES string of the molecule is CN1CCO[C@](Cc2ccccc2)(C(=O)N2CCOC[C@H](Cc3cncc4ccccc34)C2)C1. The molecule has 178 valence electrons. The van der Waals surface area contributed by atoms with E-state index in [2.05, 4.69) is 47.3 Å². The number of amides is 1. The summed E-state index contributed by atoms with van der Waals surface area (Å²) in [5, 5.41) is 2.36. The zero-order valence-electron chi connectivity index (χ0n) is 19.9. The second kappa shape index (κ2) is 10.2. The topological polar surface area (TPSA) is 54.9 Å². The Hall–Kier alpha value is -2.80. The fourth-order valence-corrected chi connectivity index (χ4v) is 5.32. The van der Waals surface area contributed by atoms with Crippen molar-refractivity contribution in [3.8, 4) is 0 Å². The van der Waals surface area contributed by atoms with E-state index in [1.54, 1.807) is 0 Å². The van der Waals surface area contributed by atoms with Gasteiger partial charge in [0.15, 0.2) is 5.60 Å². The summed E-state index contributed by atoms with van der Waals surface area (Å²) in [7, 11) is 2.07. The molecule has 6 nitrogen and oxygen atoms in total. The van der Waals surface area contributed by atoms with Crippen LogP contribution in [0.15, 0.2) is 67.0 Å². The number of hydrogen-bond donors (Lipinski definition) is 0. The molecule has 2 aromatic carbocycles. The van der Waals surface area contributed by atoms with E-state index in [0.29, 0.717) is 45.9 Å². The van der Waals surface area contributed by atoms with Crippen LogP contribution in [0, 0.1) is 5.92 Å². The summed E-state index contributed by atoms with van der Waals surface area (Å²) in [6.45, 7) is 4.43. The second-order valence-corrected chi connectivity index (χ2v) is 9.66. The quantitative estimate of drug-likeness (QED) is 0.587. The summed E-state index contributed by atoms with van der Waals surface area (Å²) in [5.41, 5.74) is 1.45. The van der Waals surface area contributed by atoms with Crippen molar-refractivity contribution < 1.29 is 14.3 Å². The van der Waals surface area contributed by atoms with Gasteiger partial charge in [-0.2, -0.15) is 0 Å². The zero-order valence-corrected chi connectivity index (χ0v) is 19.9. The maximum atomic E-state index is 14.1. The number of morpholine rings is 1. The van der Waals surface area contributed by atoms with E-state index in [1.165, 1.54) is 10.9 Å². The van der Waals surface area contributed by atoms with E-state index in [9.17, 15) is 4.79 Å². The van der Waals surface area contributed by atoms with Crippen molar-refractivity contribution in [1.82, 2.24) is 14.8 Å². The maximum absolute atomic E-state index is 14.1. The van der Waals surface area contributed by atoms with Crippen LogP contribution in [0.1, 0.15) is 11.1 Å². The highest BCUT2D eigenvalue weighted by Crippen LogP contribution is 2.28. The first-order valence-electron chi connectivity index (χ1n) is 12.2. The summed E-state index contributed by atoms with van der Waals surface area (Å²) < 4.78 is 12.3. The first-order valence-corrected chi connectivity index (χ1v) is 12.2. The number of carbonyl (C=O) groups is 1. The molecule has 0 spiro atoms. The van der Waals surface area contributed by atoms with Gasteiger partial charge in [-0.1, -0.05) is 54.6 Å². The lowest BCUT2D eigenvalue weighted by atomic mass is 9.90. The smallest absolute Gasteiger partial charge is 0.256 e. The van der Waals surface area contributed by atoms with Crippen molar-refractivity contribution in [2.75, 3.05) is 53.0 Å². The van der Waals surface area contributed by atoms with Crippen molar-refractivity contribution >= 4 is 16.7 Å². The van der Waals surface area contributed by atoms with E-state index in [4.69, 9.17) is 9.47 Å². The Balaban J connectivity index is 1.38. The van der Waals surface area contributed by atoms with Gasteiger partial charge in [0.2, 0.25) is 0 Å². The summed E-state index contributed by atoms with van der Waals surface area (Å²) in [6.07, 6.45) is 5.26. The number of fused-ring (bicyclic) bond motifs is 1. The number of rotatable bonds is 5. The average molecular weight is 460 g/mol. The van der Waals surface area contributed by atoms with Crippen LogP contribution < -0.4 is 0 Å². The normalized spacial score (nSPS) is 24.1. The molecule has 34 heavy (non-hydrogen) atoms. The largest absolute Gasteiger partial charge is 0.379 e. The van der Waals surface area contributed by atoms with Gasteiger partial charge in [0.05, 0.1) is 19.8 Å². The number of pyridine rings is 1. The molecule has 0 N–H and O–H groups in total. The van der Waals surface area contributed by atoms with Crippen molar-refractivity contribution in [2.24, 2.45) is 5.92 Å². The van der Waals surface area contributed by atoms with Gasteiger partial charge in [-0.05, 0) is 30.0 Å². The summed E-state index contributed by atoms with van der Waals surface area (Å²) >= 11 is 0. The minimum Gasteiger partial charge on any atom is -0.379 e. The molecule has 2 saturated heterocycles. The van der Waals surface area contributed by atoms with Crippen molar-refractivity contribution in [1.29, 1.82) is 0 Å². The molecule has 6 heteroatoms. The third kappa shape index (κ3) is 4.99. The molecule has 2 aliphatic heterocycles. The van der Waals surface area contributed by atoms with Crippen LogP contribution in [-0.4, -0.2) is 79.3 Å². The predicted octanol–water partition coefficient (Wildman–Crippen LogP) is 3.20. The summed E-state index contributed by atoms with van der Waals surface area (Å²) in [6, 6.07) is 18.5. The molecule has 0 unspecified atom stereocenters. The molecule has 1 amide bonds. The fraction of sp³-hybridized carbons (Fsp3) is 0.429. The first-order chi connectivity index (χ1) is 16.6. The van der Waals surface area contributed by atoms with Crippen LogP contribution in [0.5, 0.6) is 0 Å². The van der Waals surface area contributed by atoms with Gasteiger partial charge in [-0.15, -0.1) is 0 Å². The molecule has 0 aliphatic carbocycles. The molecule has 2 atom stereocenters. The molecular formula is C28H33N3O3. The van der Waals surface area contributed by atoms with Gasteiger partial charge in [0, 0.05) is 56.3 Å². The fourth-order valence-electron chi connectivity index (χ4n) is 5.32. The Kier molecular flexibility index (Phi) is 6.90. The van der Waals surface area contributed by atoms with Crippen molar-refractivity contribution in [3.05, 3.63) is 78.1 Å². The number of aromatic nitrogens is 1. The van der Waals surface area contributed by atoms with Gasteiger partial charge in [0.1, 0.15) is 0 Å². The van der Waals surface area contributed by atoms with Crippen LogP contribution in [0.4, 0.5) is 0 Å². The van der Waals surface area contributed by atoms with Crippen LogP contribution in [-0.2, 0) is 27.1 Å². The molecule has 2 fully saturated rings. The lowest BCUT2D eigenvalue weighted by molar-refractivity contribution is -0.170. The molecule has 0 saturated carbocycles. The molecule has 0 radical (unpaired) electrons. The average Bonchev–Trinajstić information content (AvgIpc) is 3.10. The maximum Gasteiger partial charge on any atom is 0.256 e. The lowest BCUT2D eigenvalue weighted by Gasteiger charge is -2.43. The van der Waals surface area contributed by atoms with Crippen molar-refractivity contribution in [3.63, 3.8) is 0 Å². The lowest BCUT2D eigenvalue weighted by Crippen LogP contribution is -2.61. The van der Waals surface area contributed by atoms with E-state index in [-0.39, 0.29) is 11.8 Å². The van der Waals surface area contributed by atoms with Gasteiger partial charge in [0.25, 0.3) is 5.91 Å². The molecule has 3 aromatic rings. The Morgan fingerprint density at radius 1 is 1.06 bits per heavy atom. The molecular weight excluding hydrogens is 426 g/mol. The standard InChI is InChI=1S/C28H33N3O3/c1-30-11-14-34-28(21-30,16-22-7-3-2-4-8-22)27(32)31-12-13-33-20-23(19-31)15-25-18-29-17-24-9-5-6-10-26(24)25/h2-10,17-18,23H,11-16,19-21H2,1H3/t23-,28+/m1/s1. The number of hydrogen-bond acceptors (Lipinski definition) is 5. The number of benzene rings is 2.